The molecule has 3 heteroatoms. The summed E-state index contributed by atoms with van der Waals surface area (Å²) in [7, 11) is 1.67. The number of aliphatic hydroxyl groups is 1. The van der Waals surface area contributed by atoms with E-state index in [2.05, 4.69) is 4.98 Å². The minimum atomic E-state index is 0.159. The van der Waals surface area contributed by atoms with Crippen molar-refractivity contribution in [1.29, 1.82) is 0 Å². The van der Waals surface area contributed by atoms with Crippen LogP contribution in [0.25, 0.3) is 10.9 Å². The van der Waals surface area contributed by atoms with Crippen molar-refractivity contribution in [1.82, 2.24) is 4.98 Å². The Bertz CT molecular complexity index is 474. The highest BCUT2D eigenvalue weighted by Gasteiger charge is 2.11. The van der Waals surface area contributed by atoms with Crippen LogP contribution >= 0.6 is 0 Å². The first kappa shape index (κ1) is 10.1. The highest BCUT2D eigenvalue weighted by atomic mass is 16.5. The Hall–Kier alpha value is -1.48. The number of aryl methyl sites for hydroxylation is 1. The van der Waals surface area contributed by atoms with Crippen molar-refractivity contribution in [2.75, 3.05) is 13.7 Å². The van der Waals surface area contributed by atoms with E-state index in [1.54, 1.807) is 7.11 Å². The number of hydrogen-bond acceptors (Lipinski definition) is 2. The normalized spacial score (nSPS) is 10.9. The molecule has 1 heterocycles. The summed E-state index contributed by atoms with van der Waals surface area (Å²) < 4.78 is 5.33. The zero-order valence-corrected chi connectivity index (χ0v) is 9.00. The first-order valence-corrected chi connectivity index (χ1v) is 5.03. The lowest BCUT2D eigenvalue weighted by Gasteiger charge is -2.04. The standard InChI is InChI=1S/C12H15NO2/c1-8-9(6-7-14)12-10(13-8)4-3-5-11(12)15-2/h3-5,13-14H,6-7H2,1-2H3. The number of aromatic nitrogens is 1. The van der Waals surface area contributed by atoms with Crippen LogP contribution in [0.15, 0.2) is 18.2 Å². The lowest BCUT2D eigenvalue weighted by Crippen LogP contribution is -1.93. The summed E-state index contributed by atoms with van der Waals surface area (Å²) in [4.78, 5) is 3.30. The van der Waals surface area contributed by atoms with Gasteiger partial charge in [0.15, 0.2) is 0 Å². The molecular weight excluding hydrogens is 190 g/mol. The number of fused-ring (bicyclic) bond motifs is 1. The van der Waals surface area contributed by atoms with Crippen LogP contribution in [0, 0.1) is 6.92 Å². The number of ether oxygens (including phenoxy) is 1. The van der Waals surface area contributed by atoms with Crippen molar-refractivity contribution < 1.29 is 9.84 Å². The summed E-state index contributed by atoms with van der Waals surface area (Å²) in [5, 5.41) is 10.1. The third-order valence-electron chi connectivity index (χ3n) is 2.68. The van der Waals surface area contributed by atoms with E-state index >= 15 is 0 Å². The fourth-order valence-electron chi connectivity index (χ4n) is 2.01. The Morgan fingerprint density at radius 2 is 2.20 bits per heavy atom. The SMILES string of the molecule is COc1cccc2[nH]c(C)c(CCO)c12. The van der Waals surface area contributed by atoms with Crippen LogP contribution in [0.5, 0.6) is 5.75 Å². The molecule has 0 bridgehead atoms. The molecule has 0 aliphatic carbocycles. The highest BCUT2D eigenvalue weighted by Crippen LogP contribution is 2.30. The zero-order chi connectivity index (χ0) is 10.8. The second-order valence-electron chi connectivity index (χ2n) is 3.58. The smallest absolute Gasteiger partial charge is 0.128 e. The first-order valence-electron chi connectivity index (χ1n) is 5.03. The van der Waals surface area contributed by atoms with Crippen molar-refractivity contribution in [3.63, 3.8) is 0 Å². The minimum Gasteiger partial charge on any atom is -0.496 e. The molecule has 15 heavy (non-hydrogen) atoms. The van der Waals surface area contributed by atoms with E-state index in [1.807, 2.05) is 25.1 Å². The maximum absolute atomic E-state index is 9.03. The lowest BCUT2D eigenvalue weighted by atomic mass is 10.1. The Labute approximate surface area is 88.7 Å². The van der Waals surface area contributed by atoms with E-state index in [9.17, 15) is 0 Å². The van der Waals surface area contributed by atoms with Gasteiger partial charge in [0.25, 0.3) is 0 Å². The van der Waals surface area contributed by atoms with Crippen LogP contribution in [0.1, 0.15) is 11.3 Å². The fraction of sp³-hybridized carbons (Fsp3) is 0.333. The molecule has 0 unspecified atom stereocenters. The zero-order valence-electron chi connectivity index (χ0n) is 9.00. The molecule has 0 radical (unpaired) electrons. The van der Waals surface area contributed by atoms with Gasteiger partial charge >= 0.3 is 0 Å². The molecular formula is C12H15NO2. The minimum absolute atomic E-state index is 0.159. The van der Waals surface area contributed by atoms with E-state index < -0.39 is 0 Å². The lowest BCUT2D eigenvalue weighted by molar-refractivity contribution is 0.299. The molecule has 0 aliphatic heterocycles. The monoisotopic (exact) mass is 205 g/mol. The number of aromatic amines is 1. The molecule has 1 aromatic heterocycles. The van der Waals surface area contributed by atoms with E-state index in [1.165, 1.54) is 0 Å². The number of rotatable bonds is 3. The van der Waals surface area contributed by atoms with Gasteiger partial charge in [0.2, 0.25) is 0 Å². The van der Waals surface area contributed by atoms with Gasteiger partial charge in [-0.2, -0.15) is 0 Å². The van der Waals surface area contributed by atoms with Gasteiger partial charge in [0, 0.05) is 23.2 Å². The van der Waals surface area contributed by atoms with E-state index in [-0.39, 0.29) is 6.61 Å². The third-order valence-corrected chi connectivity index (χ3v) is 2.68. The third kappa shape index (κ3) is 1.59. The molecule has 0 fully saturated rings. The summed E-state index contributed by atoms with van der Waals surface area (Å²) in [6.45, 7) is 2.18. The highest BCUT2D eigenvalue weighted by molar-refractivity contribution is 5.90. The van der Waals surface area contributed by atoms with Crippen LogP contribution in [0.3, 0.4) is 0 Å². The van der Waals surface area contributed by atoms with Crippen LogP contribution in [-0.4, -0.2) is 23.8 Å². The van der Waals surface area contributed by atoms with E-state index in [0.717, 1.165) is 27.9 Å². The number of nitrogens with one attached hydrogen (secondary N) is 1. The van der Waals surface area contributed by atoms with Crippen LogP contribution in [-0.2, 0) is 6.42 Å². The van der Waals surface area contributed by atoms with Gasteiger partial charge in [-0.15, -0.1) is 0 Å². The molecule has 3 nitrogen and oxygen atoms in total. The predicted molar refractivity (Wildman–Crippen MR) is 60.4 cm³/mol. The number of hydrogen-bond donors (Lipinski definition) is 2. The molecule has 0 atom stereocenters. The first-order chi connectivity index (χ1) is 7.27. The summed E-state index contributed by atoms with van der Waals surface area (Å²) >= 11 is 0. The van der Waals surface area contributed by atoms with E-state index in [0.29, 0.717) is 6.42 Å². The van der Waals surface area contributed by atoms with Gasteiger partial charge in [0.1, 0.15) is 5.75 Å². The number of H-pyrrole nitrogens is 1. The molecule has 0 saturated heterocycles. The van der Waals surface area contributed by atoms with Crippen molar-refractivity contribution in [3.05, 3.63) is 29.5 Å². The molecule has 80 valence electrons. The van der Waals surface area contributed by atoms with Crippen molar-refractivity contribution in [3.8, 4) is 5.75 Å². The molecule has 2 aromatic rings. The Kier molecular flexibility index (Phi) is 2.64. The topological polar surface area (TPSA) is 45.2 Å². The van der Waals surface area contributed by atoms with Crippen LogP contribution in [0.2, 0.25) is 0 Å². The second-order valence-corrected chi connectivity index (χ2v) is 3.58. The van der Waals surface area contributed by atoms with Crippen molar-refractivity contribution in [2.45, 2.75) is 13.3 Å². The predicted octanol–water partition coefficient (Wildman–Crippen LogP) is 2.02. The maximum Gasteiger partial charge on any atom is 0.128 e. The van der Waals surface area contributed by atoms with Gasteiger partial charge in [-0.1, -0.05) is 6.07 Å². The van der Waals surface area contributed by atoms with Crippen molar-refractivity contribution in [2.24, 2.45) is 0 Å². The Morgan fingerprint density at radius 1 is 1.40 bits per heavy atom. The number of aliphatic hydroxyl groups excluding tert-OH is 1. The van der Waals surface area contributed by atoms with Gasteiger partial charge in [-0.3, -0.25) is 0 Å². The molecule has 1 aromatic carbocycles. The number of benzene rings is 1. The summed E-state index contributed by atoms with van der Waals surface area (Å²) in [5.41, 5.74) is 3.31. The van der Waals surface area contributed by atoms with Crippen LogP contribution in [0.4, 0.5) is 0 Å². The molecule has 0 aliphatic rings. The quantitative estimate of drug-likeness (QED) is 0.805. The van der Waals surface area contributed by atoms with E-state index in [4.69, 9.17) is 9.84 Å². The van der Waals surface area contributed by atoms with Gasteiger partial charge < -0.3 is 14.8 Å². The van der Waals surface area contributed by atoms with Gasteiger partial charge in [-0.25, -0.2) is 0 Å². The van der Waals surface area contributed by atoms with Gasteiger partial charge in [-0.05, 0) is 31.0 Å². The van der Waals surface area contributed by atoms with Crippen molar-refractivity contribution >= 4 is 10.9 Å². The Balaban J connectivity index is 2.71. The number of methoxy groups -OCH3 is 1. The summed E-state index contributed by atoms with van der Waals surface area (Å²) in [6, 6.07) is 5.92. The average molecular weight is 205 g/mol. The second kappa shape index (κ2) is 3.95. The maximum atomic E-state index is 9.03. The summed E-state index contributed by atoms with van der Waals surface area (Å²) in [5.74, 6) is 0.861. The molecule has 0 spiro atoms. The average Bonchev–Trinajstić information content (AvgIpc) is 2.56. The molecule has 0 saturated carbocycles. The molecule has 2 rings (SSSR count). The van der Waals surface area contributed by atoms with Crippen LogP contribution < -0.4 is 4.74 Å². The molecule has 0 amide bonds. The van der Waals surface area contributed by atoms with Gasteiger partial charge in [0.05, 0.1) is 7.11 Å². The Morgan fingerprint density at radius 3 is 2.87 bits per heavy atom. The fourth-order valence-corrected chi connectivity index (χ4v) is 2.01. The summed E-state index contributed by atoms with van der Waals surface area (Å²) in [6.07, 6.45) is 0.659. The largest absolute Gasteiger partial charge is 0.496 e. The molecule has 2 N–H and O–H groups in total.